The number of rotatable bonds is 5. The molecule has 0 bridgehead atoms. The lowest BCUT2D eigenvalue weighted by molar-refractivity contribution is -0.142. The van der Waals surface area contributed by atoms with Crippen LogP contribution in [0.5, 0.6) is 0 Å². The van der Waals surface area contributed by atoms with E-state index in [0.717, 1.165) is 15.8 Å². The van der Waals surface area contributed by atoms with E-state index in [2.05, 4.69) is 31.4 Å². The number of anilines is 1. The van der Waals surface area contributed by atoms with Crippen LogP contribution in [0.4, 0.5) is 19.0 Å². The quantitative estimate of drug-likeness (QED) is 0.587. The average Bonchev–Trinajstić information content (AvgIpc) is 3.19. The molecule has 3 aromatic rings. The van der Waals surface area contributed by atoms with Gasteiger partial charge in [-0.3, -0.25) is 14.2 Å². The van der Waals surface area contributed by atoms with Crippen molar-refractivity contribution in [1.82, 2.24) is 19.6 Å². The van der Waals surface area contributed by atoms with Gasteiger partial charge in [-0.25, -0.2) is 0 Å². The van der Waals surface area contributed by atoms with Crippen LogP contribution in [0, 0.1) is 13.8 Å². The van der Waals surface area contributed by atoms with Gasteiger partial charge in [0.25, 0.3) is 0 Å². The van der Waals surface area contributed by atoms with Crippen LogP contribution in [0.2, 0.25) is 0 Å². The van der Waals surface area contributed by atoms with Gasteiger partial charge in [0.1, 0.15) is 6.04 Å². The Labute approximate surface area is 173 Å². The Balaban J connectivity index is 1.72. The molecular formula is C19H19BrF3N5O. The van der Waals surface area contributed by atoms with Crippen molar-refractivity contribution in [3.63, 3.8) is 0 Å². The first-order valence-electron chi connectivity index (χ1n) is 8.78. The molecule has 1 N–H and O–H groups in total. The van der Waals surface area contributed by atoms with Crippen LogP contribution in [0.25, 0.3) is 0 Å². The molecule has 0 aliphatic rings. The molecule has 1 aromatic carbocycles. The molecule has 1 unspecified atom stereocenters. The van der Waals surface area contributed by atoms with Crippen LogP contribution < -0.4 is 5.32 Å². The van der Waals surface area contributed by atoms with E-state index in [0.29, 0.717) is 12.4 Å². The van der Waals surface area contributed by atoms with Crippen molar-refractivity contribution in [1.29, 1.82) is 0 Å². The normalized spacial score (nSPS) is 12.8. The summed E-state index contributed by atoms with van der Waals surface area (Å²) < 4.78 is 41.7. The number of nitrogens with one attached hydrogen (secondary N) is 1. The third-order valence-corrected chi connectivity index (χ3v) is 5.36. The van der Waals surface area contributed by atoms with E-state index in [1.54, 1.807) is 16.9 Å². The van der Waals surface area contributed by atoms with E-state index < -0.39 is 23.8 Å². The number of alkyl halides is 3. The first-order valence-corrected chi connectivity index (χ1v) is 9.57. The predicted octanol–water partition coefficient (Wildman–Crippen LogP) is 4.73. The molecule has 154 valence electrons. The molecule has 0 spiro atoms. The Morgan fingerprint density at radius 2 is 1.97 bits per heavy atom. The lowest BCUT2D eigenvalue weighted by atomic mass is 10.1. The number of amides is 1. The topological polar surface area (TPSA) is 64.7 Å². The zero-order valence-electron chi connectivity index (χ0n) is 16.0. The van der Waals surface area contributed by atoms with Crippen molar-refractivity contribution >= 4 is 27.7 Å². The fourth-order valence-corrected chi connectivity index (χ4v) is 3.40. The molecule has 3 rings (SSSR count). The zero-order chi connectivity index (χ0) is 21.3. The SMILES string of the molecule is Cc1cccc(Cn2ccc(NC(=O)C(C)n3nc(C(F)(F)F)c(Br)c3C)n2)c1. The summed E-state index contributed by atoms with van der Waals surface area (Å²) in [6, 6.07) is 8.65. The van der Waals surface area contributed by atoms with E-state index in [1.807, 2.05) is 31.2 Å². The van der Waals surface area contributed by atoms with Crippen LogP contribution in [-0.4, -0.2) is 25.5 Å². The summed E-state index contributed by atoms with van der Waals surface area (Å²) in [5.74, 6) is -0.202. The van der Waals surface area contributed by atoms with Crippen molar-refractivity contribution in [2.24, 2.45) is 0 Å². The largest absolute Gasteiger partial charge is 0.436 e. The molecule has 1 atom stereocenters. The van der Waals surface area contributed by atoms with Crippen molar-refractivity contribution in [2.75, 3.05) is 5.32 Å². The number of aromatic nitrogens is 4. The van der Waals surface area contributed by atoms with Gasteiger partial charge in [-0.15, -0.1) is 0 Å². The van der Waals surface area contributed by atoms with Crippen LogP contribution in [-0.2, 0) is 17.5 Å². The molecule has 0 aliphatic heterocycles. The van der Waals surface area contributed by atoms with Crippen molar-refractivity contribution in [3.8, 4) is 0 Å². The van der Waals surface area contributed by atoms with Gasteiger partial charge >= 0.3 is 6.18 Å². The summed E-state index contributed by atoms with van der Waals surface area (Å²) in [5, 5.41) is 10.5. The van der Waals surface area contributed by atoms with Gasteiger partial charge in [0, 0.05) is 12.3 Å². The molecule has 0 radical (unpaired) electrons. The molecular weight excluding hydrogens is 451 g/mol. The summed E-state index contributed by atoms with van der Waals surface area (Å²) >= 11 is 2.91. The van der Waals surface area contributed by atoms with Crippen molar-refractivity contribution < 1.29 is 18.0 Å². The Bertz CT molecular complexity index is 1040. The summed E-state index contributed by atoms with van der Waals surface area (Å²) in [7, 11) is 0. The van der Waals surface area contributed by atoms with E-state index in [9.17, 15) is 18.0 Å². The van der Waals surface area contributed by atoms with E-state index >= 15 is 0 Å². The minimum absolute atomic E-state index is 0.174. The van der Waals surface area contributed by atoms with E-state index in [1.165, 1.54) is 13.8 Å². The standard InChI is InChI=1S/C19H19BrF3N5O/c1-11-5-4-6-14(9-11)10-27-8-7-15(25-27)24-18(29)13(3)28-12(2)16(20)17(26-28)19(21,22)23/h4-9,13H,10H2,1-3H3,(H,24,25,29). The molecule has 2 heterocycles. The number of carbonyl (C=O) groups is 1. The highest BCUT2D eigenvalue weighted by molar-refractivity contribution is 9.10. The fourth-order valence-electron chi connectivity index (χ4n) is 2.91. The molecule has 2 aromatic heterocycles. The second-order valence-electron chi connectivity index (χ2n) is 6.74. The number of hydrogen-bond donors (Lipinski definition) is 1. The van der Waals surface area contributed by atoms with Gasteiger partial charge in [-0.1, -0.05) is 29.8 Å². The minimum atomic E-state index is -4.61. The average molecular weight is 470 g/mol. The third-order valence-electron chi connectivity index (χ3n) is 4.41. The molecule has 10 heteroatoms. The van der Waals surface area contributed by atoms with Crippen molar-refractivity contribution in [2.45, 2.75) is 39.5 Å². The van der Waals surface area contributed by atoms with Gasteiger partial charge in [-0.2, -0.15) is 23.4 Å². The van der Waals surface area contributed by atoms with Gasteiger partial charge in [0.15, 0.2) is 11.5 Å². The first-order chi connectivity index (χ1) is 13.6. The Hall–Kier alpha value is -2.62. The molecule has 29 heavy (non-hydrogen) atoms. The Kier molecular flexibility index (Phi) is 5.83. The zero-order valence-corrected chi connectivity index (χ0v) is 17.5. The van der Waals surface area contributed by atoms with Gasteiger partial charge < -0.3 is 5.32 Å². The summed E-state index contributed by atoms with van der Waals surface area (Å²) in [5.41, 5.74) is 1.36. The number of benzene rings is 1. The van der Waals surface area contributed by atoms with Crippen molar-refractivity contribution in [3.05, 3.63) is 63.5 Å². The Morgan fingerprint density at radius 1 is 1.24 bits per heavy atom. The molecule has 0 fully saturated rings. The highest BCUT2D eigenvalue weighted by Gasteiger charge is 2.39. The number of aryl methyl sites for hydroxylation is 1. The van der Waals surface area contributed by atoms with Crippen LogP contribution in [0.3, 0.4) is 0 Å². The lowest BCUT2D eigenvalue weighted by Crippen LogP contribution is -2.26. The van der Waals surface area contributed by atoms with Gasteiger partial charge in [0.2, 0.25) is 5.91 Å². The highest BCUT2D eigenvalue weighted by Crippen LogP contribution is 2.36. The van der Waals surface area contributed by atoms with Crippen LogP contribution in [0.15, 0.2) is 41.0 Å². The highest BCUT2D eigenvalue weighted by atomic mass is 79.9. The predicted molar refractivity (Wildman–Crippen MR) is 106 cm³/mol. The van der Waals surface area contributed by atoms with Crippen LogP contribution >= 0.6 is 15.9 Å². The van der Waals surface area contributed by atoms with E-state index in [-0.39, 0.29) is 10.2 Å². The smallest absolute Gasteiger partial charge is 0.307 e. The number of carbonyl (C=O) groups excluding carboxylic acids is 1. The molecule has 0 aliphatic carbocycles. The number of hydrogen-bond acceptors (Lipinski definition) is 3. The van der Waals surface area contributed by atoms with Gasteiger partial charge in [0.05, 0.1) is 16.7 Å². The second kappa shape index (κ2) is 8.02. The minimum Gasteiger partial charge on any atom is -0.307 e. The molecule has 0 saturated carbocycles. The van der Waals surface area contributed by atoms with Gasteiger partial charge in [-0.05, 0) is 42.3 Å². The number of halogens is 4. The summed E-state index contributed by atoms with van der Waals surface area (Å²) in [4.78, 5) is 12.5. The summed E-state index contributed by atoms with van der Waals surface area (Å²) in [6.45, 7) is 5.48. The first kappa shape index (κ1) is 21.1. The maximum absolute atomic E-state index is 13.0. The summed E-state index contributed by atoms with van der Waals surface area (Å²) in [6.07, 6.45) is -2.89. The monoisotopic (exact) mass is 469 g/mol. The number of nitrogens with zero attached hydrogens (tertiary/aromatic N) is 4. The maximum Gasteiger partial charge on any atom is 0.436 e. The molecule has 6 nitrogen and oxygen atoms in total. The lowest BCUT2D eigenvalue weighted by Gasteiger charge is -2.13. The maximum atomic E-state index is 13.0. The van der Waals surface area contributed by atoms with E-state index in [4.69, 9.17) is 0 Å². The molecule has 0 saturated heterocycles. The fraction of sp³-hybridized carbons (Fsp3) is 0.316. The van der Waals surface area contributed by atoms with Crippen LogP contribution in [0.1, 0.15) is 35.5 Å². The molecule has 1 amide bonds. The Morgan fingerprint density at radius 3 is 2.59 bits per heavy atom. The third kappa shape index (κ3) is 4.69. The second-order valence-corrected chi connectivity index (χ2v) is 7.54.